The van der Waals surface area contributed by atoms with Gasteiger partial charge in [-0.05, 0) is 29.5 Å². The van der Waals surface area contributed by atoms with Gasteiger partial charge in [0.2, 0.25) is 5.91 Å². The second-order valence-electron chi connectivity index (χ2n) is 7.21. The number of hydrogen-bond donors (Lipinski definition) is 2. The average molecular weight is 318 g/mol. The second kappa shape index (κ2) is 7.13. The second-order valence-corrected chi connectivity index (χ2v) is 7.21. The molecule has 2 amide bonds. The standard InChI is InChI=1S/C18H26N2O3/c1-18(2,3)15(21)11-19-17(23)14-8-6-13(7-9-14)12-20-10-4-5-16(20)22/h6-9,15,21H,4-5,10-12H2,1-3H3,(H,19,23). The minimum absolute atomic E-state index is 0.197. The normalized spacial score (nSPS) is 16.5. The molecule has 2 N–H and O–H groups in total. The van der Waals surface area contributed by atoms with E-state index in [4.69, 9.17) is 0 Å². The summed E-state index contributed by atoms with van der Waals surface area (Å²) in [5.41, 5.74) is 1.31. The lowest BCUT2D eigenvalue weighted by Gasteiger charge is -2.25. The highest BCUT2D eigenvalue weighted by atomic mass is 16.3. The van der Waals surface area contributed by atoms with Gasteiger partial charge in [0.15, 0.2) is 0 Å². The van der Waals surface area contributed by atoms with E-state index in [1.165, 1.54) is 0 Å². The maximum absolute atomic E-state index is 12.1. The van der Waals surface area contributed by atoms with Crippen LogP contribution in [-0.4, -0.2) is 41.0 Å². The highest BCUT2D eigenvalue weighted by Crippen LogP contribution is 2.18. The van der Waals surface area contributed by atoms with E-state index in [2.05, 4.69) is 5.32 Å². The Hall–Kier alpha value is -1.88. The molecule has 5 heteroatoms. The van der Waals surface area contributed by atoms with Crippen molar-refractivity contribution in [1.82, 2.24) is 10.2 Å². The largest absolute Gasteiger partial charge is 0.391 e. The molecule has 1 unspecified atom stereocenters. The van der Waals surface area contributed by atoms with Crippen molar-refractivity contribution in [1.29, 1.82) is 0 Å². The van der Waals surface area contributed by atoms with Crippen LogP contribution in [-0.2, 0) is 11.3 Å². The minimum atomic E-state index is -0.591. The number of carbonyl (C=O) groups is 2. The van der Waals surface area contributed by atoms with Crippen LogP contribution in [0, 0.1) is 5.41 Å². The van der Waals surface area contributed by atoms with E-state index in [1.807, 2.05) is 37.8 Å². The maximum Gasteiger partial charge on any atom is 0.251 e. The Morgan fingerprint density at radius 2 is 1.96 bits per heavy atom. The Bertz CT molecular complexity index is 561. The number of rotatable bonds is 5. The van der Waals surface area contributed by atoms with Gasteiger partial charge in [-0.1, -0.05) is 32.9 Å². The van der Waals surface area contributed by atoms with E-state index < -0.39 is 6.10 Å². The van der Waals surface area contributed by atoms with E-state index in [0.717, 1.165) is 18.5 Å². The van der Waals surface area contributed by atoms with E-state index >= 15 is 0 Å². The zero-order valence-corrected chi connectivity index (χ0v) is 14.1. The molecule has 1 aromatic rings. The summed E-state index contributed by atoms with van der Waals surface area (Å²) < 4.78 is 0. The Kier molecular flexibility index (Phi) is 5.42. The molecule has 1 fully saturated rings. The van der Waals surface area contributed by atoms with Gasteiger partial charge in [-0.2, -0.15) is 0 Å². The van der Waals surface area contributed by atoms with Crippen LogP contribution in [0.15, 0.2) is 24.3 Å². The van der Waals surface area contributed by atoms with Gasteiger partial charge in [-0.15, -0.1) is 0 Å². The number of aliphatic hydroxyl groups is 1. The molecule has 1 aromatic carbocycles. The predicted octanol–water partition coefficient (Wildman–Crippen LogP) is 1.95. The fourth-order valence-electron chi connectivity index (χ4n) is 2.45. The van der Waals surface area contributed by atoms with Crippen molar-refractivity contribution in [2.24, 2.45) is 5.41 Å². The number of aliphatic hydroxyl groups excluding tert-OH is 1. The number of benzene rings is 1. The van der Waals surface area contributed by atoms with Crippen molar-refractivity contribution in [3.63, 3.8) is 0 Å². The van der Waals surface area contributed by atoms with Gasteiger partial charge in [0, 0.05) is 31.6 Å². The monoisotopic (exact) mass is 318 g/mol. The number of nitrogens with zero attached hydrogens (tertiary/aromatic N) is 1. The van der Waals surface area contributed by atoms with Crippen LogP contribution in [0.4, 0.5) is 0 Å². The molecular weight excluding hydrogens is 292 g/mol. The third-order valence-corrected chi connectivity index (χ3v) is 4.22. The highest BCUT2D eigenvalue weighted by molar-refractivity contribution is 5.94. The fourth-order valence-corrected chi connectivity index (χ4v) is 2.45. The van der Waals surface area contributed by atoms with Gasteiger partial charge in [0.25, 0.3) is 5.91 Å². The third-order valence-electron chi connectivity index (χ3n) is 4.22. The summed E-state index contributed by atoms with van der Waals surface area (Å²) in [6.45, 7) is 7.43. The lowest BCUT2D eigenvalue weighted by Crippen LogP contribution is -2.39. The first kappa shape index (κ1) is 17.5. The van der Waals surface area contributed by atoms with Crippen LogP contribution >= 0.6 is 0 Å². The number of carbonyl (C=O) groups excluding carboxylic acids is 2. The van der Waals surface area contributed by atoms with Gasteiger partial charge in [-0.25, -0.2) is 0 Å². The van der Waals surface area contributed by atoms with Crippen molar-refractivity contribution >= 4 is 11.8 Å². The molecule has 1 aliphatic rings. The first-order chi connectivity index (χ1) is 10.8. The van der Waals surface area contributed by atoms with Crippen LogP contribution in [0.25, 0.3) is 0 Å². The first-order valence-corrected chi connectivity index (χ1v) is 8.10. The molecule has 126 valence electrons. The third kappa shape index (κ3) is 4.79. The average Bonchev–Trinajstić information content (AvgIpc) is 2.89. The van der Waals surface area contributed by atoms with Crippen molar-refractivity contribution in [2.75, 3.05) is 13.1 Å². The summed E-state index contributed by atoms with van der Waals surface area (Å²) in [6.07, 6.45) is 0.971. The summed E-state index contributed by atoms with van der Waals surface area (Å²) >= 11 is 0. The summed E-state index contributed by atoms with van der Waals surface area (Å²) in [7, 11) is 0. The quantitative estimate of drug-likeness (QED) is 0.872. The minimum Gasteiger partial charge on any atom is -0.391 e. The molecule has 0 radical (unpaired) electrons. The summed E-state index contributed by atoms with van der Waals surface area (Å²) in [6, 6.07) is 7.27. The molecule has 0 spiro atoms. The van der Waals surface area contributed by atoms with Crippen molar-refractivity contribution in [3.8, 4) is 0 Å². The molecule has 0 aromatic heterocycles. The zero-order valence-electron chi connectivity index (χ0n) is 14.1. The van der Waals surface area contributed by atoms with E-state index in [9.17, 15) is 14.7 Å². The molecule has 1 saturated heterocycles. The van der Waals surface area contributed by atoms with E-state index in [1.54, 1.807) is 12.1 Å². The molecule has 2 rings (SSSR count). The van der Waals surface area contributed by atoms with Crippen LogP contribution < -0.4 is 5.32 Å². The van der Waals surface area contributed by atoms with Gasteiger partial charge >= 0.3 is 0 Å². The lowest BCUT2D eigenvalue weighted by molar-refractivity contribution is -0.128. The first-order valence-electron chi connectivity index (χ1n) is 8.10. The molecule has 23 heavy (non-hydrogen) atoms. The van der Waals surface area contributed by atoms with Crippen LogP contribution in [0.5, 0.6) is 0 Å². The zero-order chi connectivity index (χ0) is 17.0. The molecule has 0 bridgehead atoms. The molecule has 5 nitrogen and oxygen atoms in total. The SMILES string of the molecule is CC(C)(C)C(O)CNC(=O)c1ccc(CN2CCCC2=O)cc1. The molecule has 0 saturated carbocycles. The van der Waals surface area contributed by atoms with Crippen molar-refractivity contribution in [2.45, 2.75) is 46.3 Å². The Morgan fingerprint density at radius 1 is 1.30 bits per heavy atom. The topological polar surface area (TPSA) is 69.6 Å². The number of likely N-dealkylation sites (tertiary alicyclic amines) is 1. The van der Waals surface area contributed by atoms with Crippen LogP contribution in [0.3, 0.4) is 0 Å². The smallest absolute Gasteiger partial charge is 0.251 e. The molecule has 1 aliphatic heterocycles. The summed E-state index contributed by atoms with van der Waals surface area (Å²) in [5, 5.41) is 12.7. The maximum atomic E-state index is 12.1. The molecule has 1 atom stereocenters. The van der Waals surface area contributed by atoms with Gasteiger partial charge in [-0.3, -0.25) is 9.59 Å². The van der Waals surface area contributed by atoms with Crippen LogP contribution in [0.1, 0.15) is 49.5 Å². The number of nitrogens with one attached hydrogen (secondary N) is 1. The van der Waals surface area contributed by atoms with Crippen LogP contribution in [0.2, 0.25) is 0 Å². The number of amides is 2. The molecule has 0 aliphatic carbocycles. The molecular formula is C18H26N2O3. The van der Waals surface area contributed by atoms with Gasteiger partial charge < -0.3 is 15.3 Å². The van der Waals surface area contributed by atoms with Gasteiger partial charge in [0.1, 0.15) is 0 Å². The Morgan fingerprint density at radius 3 is 2.48 bits per heavy atom. The highest BCUT2D eigenvalue weighted by Gasteiger charge is 2.23. The lowest BCUT2D eigenvalue weighted by atomic mass is 9.89. The summed E-state index contributed by atoms with van der Waals surface area (Å²) in [5.74, 6) is 0.0000800. The van der Waals surface area contributed by atoms with Crippen molar-refractivity contribution < 1.29 is 14.7 Å². The molecule has 1 heterocycles. The summed E-state index contributed by atoms with van der Waals surface area (Å²) in [4.78, 5) is 25.6. The van der Waals surface area contributed by atoms with Crippen molar-refractivity contribution in [3.05, 3.63) is 35.4 Å². The van der Waals surface area contributed by atoms with Gasteiger partial charge in [0.05, 0.1) is 6.10 Å². The predicted molar refractivity (Wildman–Crippen MR) is 88.9 cm³/mol. The Balaban J connectivity index is 1.88. The van der Waals surface area contributed by atoms with E-state index in [0.29, 0.717) is 18.5 Å². The fraction of sp³-hybridized carbons (Fsp3) is 0.556. The van der Waals surface area contributed by atoms with E-state index in [-0.39, 0.29) is 23.8 Å². The number of hydrogen-bond acceptors (Lipinski definition) is 3. The Labute approximate surface area is 137 Å².